The molecule has 0 atom stereocenters. The Hall–Kier alpha value is -2.81. The van der Waals surface area contributed by atoms with Crippen LogP contribution in [0.4, 0.5) is 5.13 Å². The minimum Gasteiger partial charge on any atom is -0.492 e. The van der Waals surface area contributed by atoms with Crippen LogP contribution in [-0.4, -0.2) is 55.4 Å². The number of hydrogen-bond donors (Lipinski definition) is 0. The van der Waals surface area contributed by atoms with E-state index in [4.69, 9.17) is 19.2 Å². The molecule has 0 N–H and O–H groups in total. The van der Waals surface area contributed by atoms with Crippen LogP contribution >= 0.6 is 23.7 Å². The van der Waals surface area contributed by atoms with Crippen LogP contribution < -0.4 is 19.1 Å². The molecule has 7 nitrogen and oxygen atoms in total. The van der Waals surface area contributed by atoms with E-state index in [0.717, 1.165) is 46.9 Å². The van der Waals surface area contributed by atoms with Gasteiger partial charge in [-0.05, 0) is 55.9 Å². The van der Waals surface area contributed by atoms with E-state index in [2.05, 4.69) is 18.7 Å². The predicted octanol–water partition coefficient (Wildman–Crippen LogP) is 5.23. The summed E-state index contributed by atoms with van der Waals surface area (Å²) in [7, 11) is 0. The van der Waals surface area contributed by atoms with Crippen molar-refractivity contribution < 1.29 is 19.0 Å². The Bertz CT molecular complexity index is 1150. The van der Waals surface area contributed by atoms with Crippen molar-refractivity contribution in [2.75, 3.05) is 44.5 Å². The molecule has 9 heteroatoms. The Morgan fingerprint density at radius 3 is 2.68 bits per heavy atom. The van der Waals surface area contributed by atoms with Crippen molar-refractivity contribution in [2.24, 2.45) is 0 Å². The standard InChI is InChI=1S/C25H29N3O4S.ClH/c1-4-27(5-2)14-15-28(25-26-24-20(30-6-3)8-7-9-22(24)33-25)23(29)13-11-18-10-12-19-21(16-18)32-17-31-19;/h7-13,16H,4-6,14-15,17H2,1-3H3;1H. The Labute approximate surface area is 210 Å². The molecular formula is C25H30ClN3O4S. The van der Waals surface area contributed by atoms with Crippen LogP contribution in [0.2, 0.25) is 0 Å². The number of carbonyl (C=O) groups excluding carboxylic acids is 1. The lowest BCUT2D eigenvalue weighted by Gasteiger charge is -2.23. The highest BCUT2D eigenvalue weighted by Crippen LogP contribution is 2.35. The topological polar surface area (TPSA) is 64.1 Å². The number of aromatic nitrogens is 1. The summed E-state index contributed by atoms with van der Waals surface area (Å²) >= 11 is 1.50. The second kappa shape index (κ2) is 12.1. The van der Waals surface area contributed by atoms with E-state index in [1.165, 1.54) is 11.3 Å². The lowest BCUT2D eigenvalue weighted by molar-refractivity contribution is -0.114. The number of carbonyl (C=O) groups is 1. The Morgan fingerprint density at radius 2 is 1.91 bits per heavy atom. The van der Waals surface area contributed by atoms with Crippen LogP contribution in [0.1, 0.15) is 26.3 Å². The van der Waals surface area contributed by atoms with E-state index in [1.807, 2.05) is 43.3 Å². The third-order valence-electron chi connectivity index (χ3n) is 5.52. The summed E-state index contributed by atoms with van der Waals surface area (Å²) in [5.74, 6) is 2.04. The highest BCUT2D eigenvalue weighted by Gasteiger charge is 2.20. The molecule has 1 amide bonds. The molecule has 34 heavy (non-hydrogen) atoms. The number of para-hydroxylation sites is 1. The van der Waals surface area contributed by atoms with E-state index in [1.54, 1.807) is 17.1 Å². The van der Waals surface area contributed by atoms with Gasteiger partial charge in [-0.1, -0.05) is 37.3 Å². The molecule has 0 saturated heterocycles. The fraction of sp³-hybridized carbons (Fsp3) is 0.360. The van der Waals surface area contributed by atoms with Crippen molar-refractivity contribution in [3.8, 4) is 17.2 Å². The van der Waals surface area contributed by atoms with Crippen LogP contribution in [0.15, 0.2) is 42.5 Å². The summed E-state index contributed by atoms with van der Waals surface area (Å²) in [5, 5.41) is 0.671. The Balaban J connectivity index is 0.00000324. The third kappa shape index (κ3) is 5.81. The molecule has 2 aromatic carbocycles. The monoisotopic (exact) mass is 503 g/mol. The average Bonchev–Trinajstić information content (AvgIpc) is 3.47. The summed E-state index contributed by atoms with van der Waals surface area (Å²) in [6.45, 7) is 10.2. The maximum absolute atomic E-state index is 13.3. The van der Waals surface area contributed by atoms with E-state index in [-0.39, 0.29) is 25.1 Å². The maximum atomic E-state index is 13.3. The molecule has 1 aromatic heterocycles. The molecule has 1 aliphatic rings. The fourth-order valence-corrected chi connectivity index (χ4v) is 4.67. The van der Waals surface area contributed by atoms with Crippen molar-refractivity contribution in [3.63, 3.8) is 0 Å². The molecule has 1 aliphatic heterocycles. The second-order valence-corrected chi connectivity index (χ2v) is 8.50. The summed E-state index contributed by atoms with van der Waals surface area (Å²) in [5.41, 5.74) is 1.67. The summed E-state index contributed by atoms with van der Waals surface area (Å²) < 4.78 is 17.5. The Kier molecular flexibility index (Phi) is 9.15. The van der Waals surface area contributed by atoms with Gasteiger partial charge in [-0.3, -0.25) is 9.69 Å². The molecule has 0 fully saturated rings. The predicted molar refractivity (Wildman–Crippen MR) is 140 cm³/mol. The van der Waals surface area contributed by atoms with Crippen molar-refractivity contribution in [3.05, 3.63) is 48.0 Å². The normalized spacial score (nSPS) is 12.4. The number of thiazole rings is 1. The number of halogens is 1. The number of hydrogen-bond acceptors (Lipinski definition) is 7. The zero-order valence-corrected chi connectivity index (χ0v) is 21.3. The summed E-state index contributed by atoms with van der Waals surface area (Å²) in [6, 6.07) is 11.5. The van der Waals surface area contributed by atoms with Crippen LogP contribution in [0.5, 0.6) is 17.2 Å². The number of likely N-dealkylation sites (N-methyl/N-ethyl adjacent to an activating group) is 1. The SMILES string of the molecule is CCOc1cccc2sc(N(CCN(CC)CC)C(=O)C=Cc3ccc4c(c3)OCO4)nc12.Cl. The van der Waals surface area contributed by atoms with Gasteiger partial charge in [-0.15, -0.1) is 12.4 Å². The highest BCUT2D eigenvalue weighted by molar-refractivity contribution is 7.22. The van der Waals surface area contributed by atoms with E-state index in [9.17, 15) is 4.79 Å². The van der Waals surface area contributed by atoms with Gasteiger partial charge in [-0.25, -0.2) is 4.98 Å². The van der Waals surface area contributed by atoms with Gasteiger partial charge >= 0.3 is 0 Å². The fourth-order valence-electron chi connectivity index (χ4n) is 3.65. The molecule has 182 valence electrons. The molecule has 0 spiro atoms. The lowest BCUT2D eigenvalue weighted by atomic mass is 10.2. The number of fused-ring (bicyclic) bond motifs is 2. The van der Waals surface area contributed by atoms with Crippen molar-refractivity contribution in [2.45, 2.75) is 20.8 Å². The molecule has 0 unspecified atom stereocenters. The van der Waals surface area contributed by atoms with Crippen LogP contribution in [0.25, 0.3) is 16.3 Å². The van der Waals surface area contributed by atoms with Gasteiger partial charge in [0.05, 0.1) is 11.3 Å². The number of nitrogens with zero attached hydrogens (tertiary/aromatic N) is 3. The summed E-state index contributed by atoms with van der Waals surface area (Å²) in [6.07, 6.45) is 3.39. The zero-order chi connectivity index (χ0) is 23.2. The van der Waals surface area contributed by atoms with Crippen molar-refractivity contribution >= 4 is 51.1 Å². The molecule has 0 aliphatic carbocycles. The van der Waals surface area contributed by atoms with Gasteiger partial charge < -0.3 is 19.1 Å². The van der Waals surface area contributed by atoms with Gasteiger partial charge in [0.1, 0.15) is 11.3 Å². The number of ether oxygens (including phenoxy) is 3. The summed E-state index contributed by atoms with van der Waals surface area (Å²) in [4.78, 5) is 22.2. The van der Waals surface area contributed by atoms with Gasteiger partial charge in [0.15, 0.2) is 16.6 Å². The number of amides is 1. The first kappa shape index (κ1) is 25.8. The average molecular weight is 504 g/mol. The molecule has 4 rings (SSSR count). The lowest BCUT2D eigenvalue weighted by Crippen LogP contribution is -2.38. The smallest absolute Gasteiger partial charge is 0.252 e. The minimum atomic E-state index is -0.114. The van der Waals surface area contributed by atoms with E-state index in [0.29, 0.717) is 24.0 Å². The quantitative estimate of drug-likeness (QED) is 0.353. The van der Waals surface area contributed by atoms with Crippen LogP contribution in [-0.2, 0) is 4.79 Å². The van der Waals surface area contributed by atoms with E-state index < -0.39 is 0 Å². The van der Waals surface area contributed by atoms with Crippen molar-refractivity contribution in [1.29, 1.82) is 0 Å². The van der Waals surface area contributed by atoms with Gasteiger partial charge in [0.2, 0.25) is 6.79 Å². The zero-order valence-electron chi connectivity index (χ0n) is 19.7. The Morgan fingerprint density at radius 1 is 1.12 bits per heavy atom. The third-order valence-corrected chi connectivity index (χ3v) is 6.56. The van der Waals surface area contributed by atoms with Crippen molar-refractivity contribution in [1.82, 2.24) is 9.88 Å². The van der Waals surface area contributed by atoms with Gasteiger partial charge in [-0.2, -0.15) is 0 Å². The van der Waals surface area contributed by atoms with E-state index >= 15 is 0 Å². The highest BCUT2D eigenvalue weighted by atomic mass is 35.5. The first-order valence-corrected chi connectivity index (χ1v) is 12.1. The second-order valence-electron chi connectivity index (χ2n) is 7.50. The molecule has 0 radical (unpaired) electrons. The largest absolute Gasteiger partial charge is 0.492 e. The first-order valence-electron chi connectivity index (χ1n) is 11.3. The van der Waals surface area contributed by atoms with Gasteiger partial charge in [0.25, 0.3) is 5.91 Å². The van der Waals surface area contributed by atoms with Crippen LogP contribution in [0, 0.1) is 0 Å². The molecule has 0 saturated carbocycles. The molecule has 3 aromatic rings. The molecule has 0 bridgehead atoms. The molecule has 2 heterocycles. The maximum Gasteiger partial charge on any atom is 0.252 e. The minimum absolute atomic E-state index is 0. The first-order chi connectivity index (χ1) is 16.1. The van der Waals surface area contributed by atoms with Crippen LogP contribution in [0.3, 0.4) is 0 Å². The number of anilines is 1. The van der Waals surface area contributed by atoms with Gasteiger partial charge in [0, 0.05) is 19.2 Å². The molecular weight excluding hydrogens is 474 g/mol. The number of rotatable bonds is 10. The number of benzene rings is 2.